The number of aromatic nitrogens is 5. The molecule has 1 saturated heterocycles. The molecule has 0 atom stereocenters. The molecule has 0 bridgehead atoms. The average Bonchev–Trinajstić information content (AvgIpc) is 3.35. The highest BCUT2D eigenvalue weighted by atomic mass is 16.2. The van der Waals surface area contributed by atoms with Crippen molar-refractivity contribution in [3.05, 3.63) is 30.5 Å². The topological polar surface area (TPSA) is 97.1 Å². The van der Waals surface area contributed by atoms with Crippen LogP contribution in [0.4, 0.5) is 0 Å². The summed E-state index contributed by atoms with van der Waals surface area (Å²) in [6.45, 7) is 2.24. The molecule has 0 aromatic carbocycles. The van der Waals surface area contributed by atoms with Crippen molar-refractivity contribution in [1.29, 1.82) is 0 Å². The number of carbonyl (C=O) groups excluding carboxylic acids is 2. The zero-order valence-corrected chi connectivity index (χ0v) is 13.1. The third-order valence-electron chi connectivity index (χ3n) is 4.33. The largest absolute Gasteiger partial charge is 0.339 e. The van der Waals surface area contributed by atoms with Crippen LogP contribution in [0.1, 0.15) is 23.3 Å². The summed E-state index contributed by atoms with van der Waals surface area (Å²) in [7, 11) is 0. The van der Waals surface area contributed by atoms with Crippen LogP contribution in [0.15, 0.2) is 24.8 Å². The first kappa shape index (κ1) is 14.7. The Balaban J connectivity index is 1.38. The molecule has 2 aromatic heterocycles. The monoisotopic (exact) mass is 327 g/mol. The van der Waals surface area contributed by atoms with E-state index in [1.807, 2.05) is 4.90 Å². The Kier molecular flexibility index (Phi) is 3.68. The summed E-state index contributed by atoms with van der Waals surface area (Å²) in [6, 6.07) is 3.32. The number of carbonyl (C=O) groups is 2. The number of hydrogen-bond acceptors (Lipinski definition) is 6. The minimum Gasteiger partial charge on any atom is -0.339 e. The van der Waals surface area contributed by atoms with Crippen molar-refractivity contribution >= 4 is 11.8 Å². The van der Waals surface area contributed by atoms with E-state index in [1.165, 1.54) is 17.3 Å². The minimum absolute atomic E-state index is 0.161. The second-order valence-corrected chi connectivity index (χ2v) is 6.01. The SMILES string of the molecule is O=C(c1ccc(-n2cncn2)nn1)N1CCN(C(=O)C2CC2)CC1. The zero-order valence-electron chi connectivity index (χ0n) is 13.1. The molecular weight excluding hydrogens is 310 g/mol. The van der Waals surface area contributed by atoms with E-state index in [0.29, 0.717) is 37.7 Å². The molecule has 24 heavy (non-hydrogen) atoms. The molecule has 124 valence electrons. The van der Waals surface area contributed by atoms with Crippen molar-refractivity contribution < 1.29 is 9.59 Å². The van der Waals surface area contributed by atoms with E-state index in [9.17, 15) is 9.59 Å². The molecule has 2 aliphatic rings. The fourth-order valence-electron chi connectivity index (χ4n) is 2.77. The van der Waals surface area contributed by atoms with Gasteiger partial charge in [0.1, 0.15) is 12.7 Å². The summed E-state index contributed by atoms with van der Waals surface area (Å²) < 4.78 is 1.48. The van der Waals surface area contributed by atoms with Gasteiger partial charge in [-0.05, 0) is 25.0 Å². The second-order valence-electron chi connectivity index (χ2n) is 6.01. The second kappa shape index (κ2) is 5.99. The Morgan fingerprint density at radius 3 is 2.33 bits per heavy atom. The highest BCUT2D eigenvalue weighted by molar-refractivity contribution is 5.92. The van der Waals surface area contributed by atoms with Crippen LogP contribution in [0.2, 0.25) is 0 Å². The summed E-state index contributed by atoms with van der Waals surface area (Å²) in [4.78, 5) is 32.0. The van der Waals surface area contributed by atoms with Gasteiger partial charge in [-0.25, -0.2) is 9.67 Å². The van der Waals surface area contributed by atoms with Crippen molar-refractivity contribution in [2.45, 2.75) is 12.8 Å². The van der Waals surface area contributed by atoms with Gasteiger partial charge in [0, 0.05) is 32.1 Å². The third kappa shape index (κ3) is 2.84. The van der Waals surface area contributed by atoms with Crippen LogP contribution in [0.3, 0.4) is 0 Å². The van der Waals surface area contributed by atoms with Crippen molar-refractivity contribution in [2.24, 2.45) is 5.92 Å². The lowest BCUT2D eigenvalue weighted by atomic mass is 10.2. The zero-order chi connectivity index (χ0) is 16.5. The average molecular weight is 327 g/mol. The van der Waals surface area contributed by atoms with Gasteiger partial charge in [-0.3, -0.25) is 9.59 Å². The van der Waals surface area contributed by atoms with E-state index in [4.69, 9.17) is 0 Å². The molecule has 1 aliphatic carbocycles. The number of nitrogens with zero attached hydrogens (tertiary/aromatic N) is 7. The minimum atomic E-state index is -0.161. The maximum Gasteiger partial charge on any atom is 0.274 e. The van der Waals surface area contributed by atoms with Crippen LogP contribution in [-0.4, -0.2) is 72.8 Å². The van der Waals surface area contributed by atoms with E-state index in [2.05, 4.69) is 20.3 Å². The molecule has 4 rings (SSSR count). The Hall–Kier alpha value is -2.84. The molecule has 3 heterocycles. The van der Waals surface area contributed by atoms with Gasteiger partial charge in [-0.2, -0.15) is 5.10 Å². The van der Waals surface area contributed by atoms with Gasteiger partial charge in [0.05, 0.1) is 0 Å². The quantitative estimate of drug-likeness (QED) is 0.771. The number of piperazine rings is 1. The molecule has 2 amide bonds. The van der Waals surface area contributed by atoms with E-state index in [0.717, 1.165) is 12.8 Å². The predicted octanol–water partition coefficient (Wildman–Crippen LogP) is -0.248. The van der Waals surface area contributed by atoms with Gasteiger partial charge >= 0.3 is 0 Å². The van der Waals surface area contributed by atoms with Crippen molar-refractivity contribution in [1.82, 2.24) is 34.8 Å². The van der Waals surface area contributed by atoms with Crippen molar-refractivity contribution in [3.8, 4) is 5.82 Å². The summed E-state index contributed by atoms with van der Waals surface area (Å²) in [6.07, 6.45) is 4.93. The van der Waals surface area contributed by atoms with Crippen LogP contribution >= 0.6 is 0 Å². The summed E-state index contributed by atoms with van der Waals surface area (Å²) in [5.74, 6) is 0.802. The molecule has 0 radical (unpaired) electrons. The van der Waals surface area contributed by atoms with Crippen molar-refractivity contribution in [3.63, 3.8) is 0 Å². The molecule has 0 unspecified atom stereocenters. The summed E-state index contributed by atoms with van der Waals surface area (Å²) in [5.41, 5.74) is 0.292. The van der Waals surface area contributed by atoms with Gasteiger partial charge in [0.25, 0.3) is 5.91 Å². The van der Waals surface area contributed by atoms with Crippen molar-refractivity contribution in [2.75, 3.05) is 26.2 Å². The van der Waals surface area contributed by atoms with Crippen LogP contribution in [-0.2, 0) is 4.79 Å². The van der Waals surface area contributed by atoms with Gasteiger partial charge < -0.3 is 9.80 Å². The highest BCUT2D eigenvalue weighted by Crippen LogP contribution is 2.31. The molecule has 0 spiro atoms. The lowest BCUT2D eigenvalue weighted by Crippen LogP contribution is -2.51. The standard InChI is InChI=1S/C15H17N7O2/c23-14(11-1-2-11)20-5-7-21(8-6-20)15(24)12-3-4-13(19-18-12)22-10-16-9-17-22/h3-4,9-11H,1-2,5-8H2. The number of hydrogen-bond donors (Lipinski definition) is 0. The smallest absolute Gasteiger partial charge is 0.274 e. The number of rotatable bonds is 3. The van der Waals surface area contributed by atoms with Gasteiger partial charge in [-0.1, -0.05) is 0 Å². The fraction of sp³-hybridized carbons (Fsp3) is 0.467. The molecular formula is C15H17N7O2. The number of amides is 2. The first-order valence-corrected chi connectivity index (χ1v) is 7.99. The van der Waals surface area contributed by atoms with Gasteiger partial charge in [0.2, 0.25) is 5.91 Å². The van der Waals surface area contributed by atoms with Crippen LogP contribution in [0.5, 0.6) is 0 Å². The fourth-order valence-corrected chi connectivity index (χ4v) is 2.77. The Bertz CT molecular complexity index is 732. The normalized spacial score (nSPS) is 17.8. The van der Waals surface area contributed by atoms with Crippen LogP contribution in [0.25, 0.3) is 5.82 Å². The van der Waals surface area contributed by atoms with Gasteiger partial charge in [0.15, 0.2) is 11.5 Å². The maximum absolute atomic E-state index is 12.5. The predicted molar refractivity (Wildman–Crippen MR) is 82.2 cm³/mol. The molecule has 2 aromatic rings. The molecule has 0 N–H and O–H groups in total. The van der Waals surface area contributed by atoms with Crippen LogP contribution < -0.4 is 0 Å². The first-order chi connectivity index (χ1) is 11.7. The molecule has 1 aliphatic heterocycles. The Morgan fingerprint density at radius 1 is 1.00 bits per heavy atom. The third-order valence-corrected chi connectivity index (χ3v) is 4.33. The van der Waals surface area contributed by atoms with E-state index in [1.54, 1.807) is 17.0 Å². The summed E-state index contributed by atoms with van der Waals surface area (Å²) >= 11 is 0. The Labute approximate surface area is 138 Å². The molecule has 9 nitrogen and oxygen atoms in total. The van der Waals surface area contributed by atoms with E-state index >= 15 is 0 Å². The molecule has 2 fully saturated rings. The Morgan fingerprint density at radius 2 is 1.75 bits per heavy atom. The molecule has 9 heteroatoms. The summed E-state index contributed by atoms with van der Waals surface area (Å²) in [5, 5.41) is 12.0. The van der Waals surface area contributed by atoms with E-state index < -0.39 is 0 Å². The van der Waals surface area contributed by atoms with Gasteiger partial charge in [-0.15, -0.1) is 10.2 Å². The van der Waals surface area contributed by atoms with Crippen LogP contribution in [0, 0.1) is 5.92 Å². The molecule has 1 saturated carbocycles. The lowest BCUT2D eigenvalue weighted by Gasteiger charge is -2.34. The maximum atomic E-state index is 12.5. The lowest BCUT2D eigenvalue weighted by molar-refractivity contribution is -0.134. The van der Waals surface area contributed by atoms with E-state index in [-0.39, 0.29) is 17.7 Å². The highest BCUT2D eigenvalue weighted by Gasteiger charge is 2.35. The first-order valence-electron chi connectivity index (χ1n) is 7.99.